The molecule has 116 valence electrons. The van der Waals surface area contributed by atoms with Crippen molar-refractivity contribution in [1.82, 2.24) is 5.32 Å². The number of benzene rings is 2. The molecule has 0 aliphatic heterocycles. The molecule has 2 aromatic rings. The van der Waals surface area contributed by atoms with Gasteiger partial charge in [-0.3, -0.25) is 4.79 Å². The Bertz CT molecular complexity index is 671. The quantitative estimate of drug-likeness (QED) is 0.873. The van der Waals surface area contributed by atoms with Crippen LogP contribution in [0.15, 0.2) is 36.4 Å². The van der Waals surface area contributed by atoms with Crippen LogP contribution in [-0.2, 0) is 6.42 Å². The zero-order valence-corrected chi connectivity index (χ0v) is 14.2. The predicted molar refractivity (Wildman–Crippen MR) is 92.4 cm³/mol. The Balaban J connectivity index is 2.15. The van der Waals surface area contributed by atoms with Crippen molar-refractivity contribution in [2.75, 3.05) is 0 Å². The highest BCUT2D eigenvalue weighted by molar-refractivity contribution is 5.96. The molecule has 0 bridgehead atoms. The van der Waals surface area contributed by atoms with Gasteiger partial charge >= 0.3 is 0 Å². The summed E-state index contributed by atoms with van der Waals surface area (Å²) in [4.78, 5) is 12.5. The summed E-state index contributed by atoms with van der Waals surface area (Å²) >= 11 is 0. The molecular formula is C20H25NO. The van der Waals surface area contributed by atoms with Crippen LogP contribution >= 0.6 is 0 Å². The molecule has 2 nitrogen and oxygen atoms in total. The fourth-order valence-corrected chi connectivity index (χ4v) is 2.60. The molecule has 1 atom stereocenters. The molecule has 0 fully saturated rings. The van der Waals surface area contributed by atoms with Crippen LogP contribution in [-0.4, -0.2) is 5.91 Å². The first kappa shape index (κ1) is 16.3. The first-order valence-corrected chi connectivity index (χ1v) is 7.90. The molecule has 22 heavy (non-hydrogen) atoms. The number of amides is 1. The van der Waals surface area contributed by atoms with Crippen LogP contribution in [0.3, 0.4) is 0 Å². The SMILES string of the molecule is CCc1ccc([C@H](C)NC(=O)c2cc(C)c(C)cc2C)cc1. The molecule has 2 heteroatoms. The number of rotatable bonds is 4. The molecule has 0 saturated carbocycles. The number of hydrogen-bond donors (Lipinski definition) is 1. The molecule has 0 heterocycles. The molecule has 0 aromatic heterocycles. The Labute approximate surface area is 133 Å². The summed E-state index contributed by atoms with van der Waals surface area (Å²) in [5.41, 5.74) is 6.60. The topological polar surface area (TPSA) is 29.1 Å². The zero-order valence-electron chi connectivity index (χ0n) is 14.2. The van der Waals surface area contributed by atoms with Crippen LogP contribution < -0.4 is 5.32 Å². The summed E-state index contributed by atoms with van der Waals surface area (Å²) < 4.78 is 0. The van der Waals surface area contributed by atoms with E-state index in [1.54, 1.807) is 0 Å². The van der Waals surface area contributed by atoms with E-state index in [4.69, 9.17) is 0 Å². The highest BCUT2D eigenvalue weighted by Gasteiger charge is 2.14. The molecule has 0 unspecified atom stereocenters. The Morgan fingerprint density at radius 1 is 1.00 bits per heavy atom. The summed E-state index contributed by atoms with van der Waals surface area (Å²) in [6.07, 6.45) is 1.03. The van der Waals surface area contributed by atoms with E-state index in [0.29, 0.717) is 0 Å². The lowest BCUT2D eigenvalue weighted by Crippen LogP contribution is -2.27. The lowest BCUT2D eigenvalue weighted by Gasteiger charge is -2.16. The molecule has 2 aromatic carbocycles. The molecule has 2 rings (SSSR count). The Hall–Kier alpha value is -2.09. The van der Waals surface area contributed by atoms with E-state index in [0.717, 1.165) is 28.7 Å². The molecule has 0 spiro atoms. The number of carbonyl (C=O) groups is 1. The standard InChI is InChI=1S/C20H25NO/c1-6-17-7-9-18(10-8-17)16(5)21-20(22)19-12-14(3)13(2)11-15(19)4/h7-12,16H,6H2,1-5H3,(H,21,22)/t16-/m0/s1. The summed E-state index contributed by atoms with van der Waals surface area (Å²) in [6, 6.07) is 12.5. The minimum atomic E-state index is -0.00679. The number of aryl methyl sites for hydroxylation is 4. The van der Waals surface area contributed by atoms with Crippen LogP contribution in [0.4, 0.5) is 0 Å². The third-order valence-electron chi connectivity index (χ3n) is 4.32. The van der Waals surface area contributed by atoms with Gasteiger partial charge in [0.05, 0.1) is 6.04 Å². The molecule has 1 N–H and O–H groups in total. The third kappa shape index (κ3) is 3.56. The van der Waals surface area contributed by atoms with Crippen molar-refractivity contribution < 1.29 is 4.79 Å². The highest BCUT2D eigenvalue weighted by atomic mass is 16.1. The molecule has 0 saturated heterocycles. The maximum absolute atomic E-state index is 12.5. The van der Waals surface area contributed by atoms with Gasteiger partial charge in [0.25, 0.3) is 5.91 Å². The first-order chi connectivity index (χ1) is 10.4. The van der Waals surface area contributed by atoms with Gasteiger partial charge in [-0.1, -0.05) is 37.3 Å². The zero-order chi connectivity index (χ0) is 16.3. The predicted octanol–water partition coefficient (Wildman–Crippen LogP) is 4.67. The molecule has 0 aliphatic carbocycles. The largest absolute Gasteiger partial charge is 0.346 e. The monoisotopic (exact) mass is 295 g/mol. The third-order valence-corrected chi connectivity index (χ3v) is 4.32. The van der Waals surface area contributed by atoms with Crippen molar-refractivity contribution in [3.05, 3.63) is 69.8 Å². The Kier molecular flexibility index (Phi) is 5.02. The molecule has 1 amide bonds. The van der Waals surface area contributed by atoms with Crippen molar-refractivity contribution in [3.63, 3.8) is 0 Å². The number of nitrogens with one attached hydrogen (secondary N) is 1. The van der Waals surface area contributed by atoms with Crippen LogP contribution in [0.1, 0.15) is 58.1 Å². The van der Waals surface area contributed by atoms with Crippen molar-refractivity contribution in [1.29, 1.82) is 0 Å². The summed E-state index contributed by atoms with van der Waals surface area (Å²) in [7, 11) is 0. The Morgan fingerprint density at radius 2 is 1.59 bits per heavy atom. The smallest absolute Gasteiger partial charge is 0.252 e. The second-order valence-corrected chi connectivity index (χ2v) is 6.04. The van der Waals surface area contributed by atoms with Gasteiger partial charge in [0.1, 0.15) is 0 Å². The normalized spacial score (nSPS) is 12.0. The maximum atomic E-state index is 12.5. The van der Waals surface area contributed by atoms with E-state index < -0.39 is 0 Å². The molecule has 0 radical (unpaired) electrons. The number of hydrogen-bond acceptors (Lipinski definition) is 1. The Morgan fingerprint density at radius 3 is 2.18 bits per heavy atom. The fraction of sp³-hybridized carbons (Fsp3) is 0.350. The highest BCUT2D eigenvalue weighted by Crippen LogP contribution is 2.18. The second-order valence-electron chi connectivity index (χ2n) is 6.04. The van der Waals surface area contributed by atoms with Crippen LogP contribution in [0.25, 0.3) is 0 Å². The van der Waals surface area contributed by atoms with Crippen molar-refractivity contribution in [2.24, 2.45) is 0 Å². The van der Waals surface area contributed by atoms with E-state index in [1.165, 1.54) is 11.1 Å². The molecular weight excluding hydrogens is 270 g/mol. The van der Waals surface area contributed by atoms with Crippen LogP contribution in [0.2, 0.25) is 0 Å². The summed E-state index contributed by atoms with van der Waals surface area (Å²) in [5.74, 6) is -0.00679. The van der Waals surface area contributed by atoms with E-state index in [9.17, 15) is 4.79 Å². The van der Waals surface area contributed by atoms with Crippen molar-refractivity contribution >= 4 is 5.91 Å². The van der Waals surface area contributed by atoms with Gasteiger partial charge in [-0.15, -0.1) is 0 Å². The second kappa shape index (κ2) is 6.78. The van der Waals surface area contributed by atoms with Gasteiger partial charge in [-0.2, -0.15) is 0 Å². The lowest BCUT2D eigenvalue weighted by molar-refractivity contribution is 0.0939. The first-order valence-electron chi connectivity index (χ1n) is 7.90. The van der Waals surface area contributed by atoms with Gasteiger partial charge in [0.2, 0.25) is 0 Å². The van der Waals surface area contributed by atoms with Crippen molar-refractivity contribution in [2.45, 2.75) is 47.1 Å². The average Bonchev–Trinajstić information content (AvgIpc) is 2.50. The van der Waals surface area contributed by atoms with Gasteiger partial charge < -0.3 is 5.32 Å². The minimum absolute atomic E-state index is 0.000541. The number of carbonyl (C=O) groups excluding carboxylic acids is 1. The molecule has 0 aliphatic rings. The average molecular weight is 295 g/mol. The summed E-state index contributed by atoms with van der Waals surface area (Å²) in [6.45, 7) is 10.3. The summed E-state index contributed by atoms with van der Waals surface area (Å²) in [5, 5.41) is 3.10. The minimum Gasteiger partial charge on any atom is -0.346 e. The van der Waals surface area contributed by atoms with Crippen LogP contribution in [0.5, 0.6) is 0 Å². The van der Waals surface area contributed by atoms with E-state index in [1.807, 2.05) is 26.8 Å². The lowest BCUT2D eigenvalue weighted by atomic mass is 9.99. The van der Waals surface area contributed by atoms with E-state index >= 15 is 0 Å². The van der Waals surface area contributed by atoms with Gasteiger partial charge in [-0.25, -0.2) is 0 Å². The van der Waals surface area contributed by atoms with Crippen LogP contribution in [0, 0.1) is 20.8 Å². The van der Waals surface area contributed by atoms with Crippen molar-refractivity contribution in [3.8, 4) is 0 Å². The fourth-order valence-electron chi connectivity index (χ4n) is 2.60. The van der Waals surface area contributed by atoms with Gasteiger partial charge in [-0.05, 0) is 68.0 Å². The van der Waals surface area contributed by atoms with Gasteiger partial charge in [0.15, 0.2) is 0 Å². The van der Waals surface area contributed by atoms with E-state index in [-0.39, 0.29) is 11.9 Å². The van der Waals surface area contributed by atoms with E-state index in [2.05, 4.69) is 49.5 Å². The van der Waals surface area contributed by atoms with Gasteiger partial charge in [0, 0.05) is 5.56 Å². The maximum Gasteiger partial charge on any atom is 0.252 e.